The first-order chi connectivity index (χ1) is 9.86. The van der Waals surface area contributed by atoms with Crippen molar-refractivity contribution >= 4 is 0 Å². The van der Waals surface area contributed by atoms with Gasteiger partial charge in [0, 0.05) is 12.6 Å². The predicted molar refractivity (Wildman–Crippen MR) is 76.0 cm³/mol. The summed E-state index contributed by atoms with van der Waals surface area (Å²) in [7, 11) is 0. The van der Waals surface area contributed by atoms with E-state index >= 15 is 0 Å². The van der Waals surface area contributed by atoms with E-state index in [9.17, 15) is 0 Å². The highest BCUT2D eigenvalue weighted by Gasteiger charge is 2.64. The second-order valence-electron chi connectivity index (χ2n) is 6.49. The Balaban J connectivity index is 1.29. The van der Waals surface area contributed by atoms with E-state index in [2.05, 4.69) is 17.4 Å². The average molecular weight is 268 g/mol. The zero-order valence-corrected chi connectivity index (χ0v) is 11.6. The Kier molecular flexibility index (Phi) is 2.93. The molecule has 1 N–H and O–H groups in total. The third-order valence-corrected chi connectivity index (χ3v) is 5.50. The van der Waals surface area contributed by atoms with Crippen LogP contribution in [0.5, 0.6) is 5.75 Å². The zero-order valence-electron chi connectivity index (χ0n) is 11.6. The third-order valence-electron chi connectivity index (χ3n) is 5.50. The summed E-state index contributed by atoms with van der Waals surface area (Å²) >= 11 is 0. The maximum absolute atomic E-state index is 8.48. The molecule has 0 aliphatic heterocycles. The van der Waals surface area contributed by atoms with Crippen LogP contribution in [-0.2, 0) is 6.54 Å². The van der Waals surface area contributed by atoms with Crippen molar-refractivity contribution < 1.29 is 4.74 Å². The molecule has 4 rings (SSSR count). The van der Waals surface area contributed by atoms with E-state index in [0.717, 1.165) is 42.0 Å². The molecule has 0 heterocycles. The van der Waals surface area contributed by atoms with Gasteiger partial charge in [-0.05, 0) is 60.6 Å². The first kappa shape index (κ1) is 12.2. The molecule has 3 aliphatic carbocycles. The van der Waals surface area contributed by atoms with Crippen LogP contribution in [0.25, 0.3) is 0 Å². The van der Waals surface area contributed by atoms with E-state index in [1.54, 1.807) is 0 Å². The first-order valence-corrected chi connectivity index (χ1v) is 7.69. The van der Waals surface area contributed by atoms with Gasteiger partial charge in [0.2, 0.25) is 0 Å². The summed E-state index contributed by atoms with van der Waals surface area (Å²) < 4.78 is 5.26. The van der Waals surface area contributed by atoms with Crippen molar-refractivity contribution in [2.45, 2.75) is 31.8 Å². The van der Waals surface area contributed by atoms with E-state index in [-0.39, 0.29) is 6.61 Å². The van der Waals surface area contributed by atoms with Gasteiger partial charge < -0.3 is 10.1 Å². The van der Waals surface area contributed by atoms with Gasteiger partial charge >= 0.3 is 0 Å². The molecule has 1 aromatic rings. The van der Waals surface area contributed by atoms with Gasteiger partial charge in [0.15, 0.2) is 6.61 Å². The minimum absolute atomic E-state index is 0.117. The number of benzene rings is 1. The molecule has 4 atom stereocenters. The fraction of sp³-hybridized carbons (Fsp3) is 0.588. The molecule has 104 valence electrons. The lowest BCUT2D eigenvalue weighted by Crippen LogP contribution is -2.22. The summed E-state index contributed by atoms with van der Waals surface area (Å²) in [6.07, 6.45) is 4.47. The number of nitrogens with one attached hydrogen (secondary N) is 1. The van der Waals surface area contributed by atoms with Gasteiger partial charge in [0.1, 0.15) is 11.8 Å². The fourth-order valence-electron chi connectivity index (χ4n) is 4.65. The van der Waals surface area contributed by atoms with Crippen molar-refractivity contribution in [1.82, 2.24) is 5.32 Å². The lowest BCUT2D eigenvalue weighted by Gasteiger charge is -2.11. The Labute approximate surface area is 119 Å². The van der Waals surface area contributed by atoms with Gasteiger partial charge in [-0.2, -0.15) is 5.26 Å². The van der Waals surface area contributed by atoms with Crippen LogP contribution in [0.3, 0.4) is 0 Å². The smallest absolute Gasteiger partial charge is 0.174 e. The van der Waals surface area contributed by atoms with Crippen molar-refractivity contribution in [3.8, 4) is 11.8 Å². The molecule has 3 fully saturated rings. The molecule has 2 bridgehead atoms. The van der Waals surface area contributed by atoms with E-state index in [1.165, 1.54) is 24.8 Å². The van der Waals surface area contributed by atoms with Crippen molar-refractivity contribution in [1.29, 1.82) is 5.26 Å². The lowest BCUT2D eigenvalue weighted by atomic mass is 10.0. The Morgan fingerprint density at radius 3 is 2.50 bits per heavy atom. The molecule has 0 amide bonds. The van der Waals surface area contributed by atoms with Crippen LogP contribution in [-0.4, -0.2) is 12.6 Å². The molecule has 3 heteroatoms. The fourth-order valence-corrected chi connectivity index (χ4v) is 4.65. The highest BCUT2D eigenvalue weighted by atomic mass is 16.5. The second-order valence-corrected chi connectivity index (χ2v) is 6.49. The van der Waals surface area contributed by atoms with Crippen LogP contribution in [0.15, 0.2) is 24.3 Å². The minimum Gasteiger partial charge on any atom is -0.479 e. The van der Waals surface area contributed by atoms with Gasteiger partial charge in [0.05, 0.1) is 0 Å². The number of rotatable bonds is 5. The van der Waals surface area contributed by atoms with Gasteiger partial charge in [-0.1, -0.05) is 12.1 Å². The van der Waals surface area contributed by atoms with Crippen LogP contribution in [0.4, 0.5) is 0 Å². The summed E-state index contributed by atoms with van der Waals surface area (Å²) in [5, 5.41) is 12.2. The number of nitriles is 1. The zero-order chi connectivity index (χ0) is 13.5. The number of ether oxygens (including phenoxy) is 1. The van der Waals surface area contributed by atoms with E-state index in [0.29, 0.717) is 0 Å². The Bertz CT molecular complexity index is 517. The molecule has 1 aromatic carbocycles. The van der Waals surface area contributed by atoms with Crippen LogP contribution < -0.4 is 10.1 Å². The van der Waals surface area contributed by atoms with Crippen LogP contribution >= 0.6 is 0 Å². The van der Waals surface area contributed by atoms with Crippen LogP contribution in [0.1, 0.15) is 24.8 Å². The van der Waals surface area contributed by atoms with Crippen molar-refractivity contribution in [2.24, 2.45) is 23.7 Å². The Hall–Kier alpha value is -1.53. The summed E-state index contributed by atoms with van der Waals surface area (Å²) in [5.41, 5.74) is 1.30. The molecular formula is C17H20N2O. The number of nitrogens with zero attached hydrogens (tertiary/aromatic N) is 1. The molecular weight excluding hydrogens is 248 g/mol. The highest BCUT2D eigenvalue weighted by molar-refractivity contribution is 5.28. The first-order valence-electron chi connectivity index (χ1n) is 7.69. The molecule has 20 heavy (non-hydrogen) atoms. The number of hydrogen-bond donors (Lipinski definition) is 1. The quantitative estimate of drug-likeness (QED) is 0.893. The largest absolute Gasteiger partial charge is 0.479 e. The summed E-state index contributed by atoms with van der Waals surface area (Å²) in [5.74, 6) is 4.82. The molecule has 3 saturated carbocycles. The van der Waals surface area contributed by atoms with Crippen LogP contribution in [0, 0.1) is 35.0 Å². The van der Waals surface area contributed by atoms with Gasteiger partial charge in [0.25, 0.3) is 0 Å². The van der Waals surface area contributed by atoms with Crippen molar-refractivity contribution in [3.63, 3.8) is 0 Å². The minimum atomic E-state index is 0.117. The average Bonchev–Trinajstić information content (AvgIpc) is 2.87. The van der Waals surface area contributed by atoms with E-state index < -0.39 is 0 Å². The number of hydrogen-bond acceptors (Lipinski definition) is 3. The standard InChI is InChI=1S/C17H20N2O/c18-7-8-20-14-5-1-11(2-6-14)10-19-17-15-12-3-4-13(9-12)16(15)17/h1-2,5-6,12-13,15-17,19H,3-4,8-10H2. The molecule has 0 saturated heterocycles. The SMILES string of the molecule is N#CCOc1ccc(CNC2C3C4CCC(C4)C23)cc1. The van der Waals surface area contributed by atoms with Gasteiger partial charge in [-0.25, -0.2) is 0 Å². The van der Waals surface area contributed by atoms with E-state index in [1.807, 2.05) is 18.2 Å². The molecule has 0 radical (unpaired) electrons. The highest BCUT2D eigenvalue weighted by Crippen LogP contribution is 2.65. The van der Waals surface area contributed by atoms with Gasteiger partial charge in [-0.15, -0.1) is 0 Å². The molecule has 3 aliphatic rings. The third kappa shape index (κ3) is 1.99. The monoisotopic (exact) mass is 268 g/mol. The Morgan fingerprint density at radius 1 is 1.15 bits per heavy atom. The maximum atomic E-state index is 8.48. The summed E-state index contributed by atoms with van der Waals surface area (Å²) in [6, 6.07) is 10.8. The molecule has 3 nitrogen and oxygen atoms in total. The van der Waals surface area contributed by atoms with Gasteiger partial charge in [-0.3, -0.25) is 0 Å². The van der Waals surface area contributed by atoms with Crippen LogP contribution in [0.2, 0.25) is 0 Å². The predicted octanol–water partition coefficient (Wildman–Crippen LogP) is 2.72. The molecule has 0 spiro atoms. The molecule has 4 unspecified atom stereocenters. The summed E-state index contributed by atoms with van der Waals surface area (Å²) in [4.78, 5) is 0. The lowest BCUT2D eigenvalue weighted by molar-refractivity contribution is 0.368. The molecule has 0 aromatic heterocycles. The normalized spacial score (nSPS) is 36.5. The Morgan fingerprint density at radius 2 is 1.85 bits per heavy atom. The van der Waals surface area contributed by atoms with E-state index in [4.69, 9.17) is 10.00 Å². The maximum Gasteiger partial charge on any atom is 0.174 e. The van der Waals surface area contributed by atoms with Crippen molar-refractivity contribution in [3.05, 3.63) is 29.8 Å². The second kappa shape index (κ2) is 4.79. The van der Waals surface area contributed by atoms with Crippen molar-refractivity contribution in [2.75, 3.05) is 6.61 Å². The number of fused-ring (bicyclic) bond motifs is 5. The summed E-state index contributed by atoms with van der Waals surface area (Å²) in [6.45, 7) is 1.07. The topological polar surface area (TPSA) is 45.0 Å².